The van der Waals surface area contributed by atoms with E-state index < -0.39 is 0 Å². The Hall–Kier alpha value is -1.77. The summed E-state index contributed by atoms with van der Waals surface area (Å²) in [7, 11) is 0. The van der Waals surface area contributed by atoms with E-state index >= 15 is 0 Å². The Bertz CT molecular complexity index is 565. The van der Waals surface area contributed by atoms with E-state index in [1.165, 1.54) is 24.9 Å². The number of nitrogens with two attached hydrogens (primary N) is 1. The van der Waals surface area contributed by atoms with Crippen LogP contribution < -0.4 is 10.6 Å². The van der Waals surface area contributed by atoms with E-state index in [1.54, 1.807) is 0 Å². The zero-order valence-electron chi connectivity index (χ0n) is 10.8. The maximum atomic E-state index is 6.35. The summed E-state index contributed by atoms with van der Waals surface area (Å²) in [6, 6.07) is 6.92. The van der Waals surface area contributed by atoms with Gasteiger partial charge >= 0.3 is 0 Å². The lowest BCUT2D eigenvalue weighted by atomic mass is 10.1. The third-order valence-electron chi connectivity index (χ3n) is 4.00. The highest BCUT2D eigenvalue weighted by Gasteiger charge is 2.24. The Labute approximate surface area is 108 Å². The molecule has 3 heteroatoms. The number of aromatic nitrogens is 1. The molecule has 1 fully saturated rings. The van der Waals surface area contributed by atoms with Gasteiger partial charge in [-0.05, 0) is 31.4 Å². The van der Waals surface area contributed by atoms with E-state index in [-0.39, 0.29) is 0 Å². The molecule has 0 radical (unpaired) electrons. The second-order valence-electron chi connectivity index (χ2n) is 4.99. The molecule has 2 aromatic rings. The number of anilines is 2. The van der Waals surface area contributed by atoms with Crippen molar-refractivity contribution in [2.75, 3.05) is 17.2 Å². The zero-order chi connectivity index (χ0) is 12.5. The fourth-order valence-corrected chi connectivity index (χ4v) is 3.01. The summed E-state index contributed by atoms with van der Waals surface area (Å²) >= 11 is 0. The minimum Gasteiger partial charge on any atom is -0.397 e. The van der Waals surface area contributed by atoms with Gasteiger partial charge in [0.25, 0.3) is 0 Å². The Morgan fingerprint density at radius 1 is 1.39 bits per heavy atom. The second-order valence-corrected chi connectivity index (χ2v) is 4.99. The van der Waals surface area contributed by atoms with Crippen LogP contribution in [0.2, 0.25) is 0 Å². The van der Waals surface area contributed by atoms with Crippen LogP contribution in [0.5, 0.6) is 0 Å². The van der Waals surface area contributed by atoms with E-state index in [4.69, 9.17) is 5.73 Å². The lowest BCUT2D eigenvalue weighted by Gasteiger charge is -2.27. The molecule has 18 heavy (non-hydrogen) atoms. The molecular formula is C15H19N3. The molecule has 0 aliphatic carbocycles. The average molecular weight is 241 g/mol. The van der Waals surface area contributed by atoms with Gasteiger partial charge in [-0.25, -0.2) is 0 Å². The molecular weight excluding hydrogens is 222 g/mol. The normalized spacial score (nSPS) is 19.6. The van der Waals surface area contributed by atoms with Crippen LogP contribution in [0.4, 0.5) is 11.4 Å². The fraction of sp³-hybridized carbons (Fsp3) is 0.400. The van der Waals surface area contributed by atoms with E-state index in [2.05, 4.69) is 28.9 Å². The van der Waals surface area contributed by atoms with Crippen molar-refractivity contribution in [1.29, 1.82) is 0 Å². The van der Waals surface area contributed by atoms with Gasteiger partial charge in [-0.15, -0.1) is 0 Å². The Balaban J connectivity index is 2.09. The van der Waals surface area contributed by atoms with Gasteiger partial charge in [0.05, 0.1) is 11.4 Å². The van der Waals surface area contributed by atoms with Crippen molar-refractivity contribution < 1.29 is 0 Å². The highest BCUT2D eigenvalue weighted by Crippen LogP contribution is 2.35. The van der Waals surface area contributed by atoms with Gasteiger partial charge in [-0.1, -0.05) is 13.0 Å². The van der Waals surface area contributed by atoms with Crippen LogP contribution in [0.1, 0.15) is 26.2 Å². The number of nitrogen functional groups attached to an aromatic ring is 1. The molecule has 2 N–H and O–H groups in total. The van der Waals surface area contributed by atoms with Crippen molar-refractivity contribution in [2.45, 2.75) is 32.2 Å². The quantitative estimate of drug-likeness (QED) is 0.821. The lowest BCUT2D eigenvalue weighted by molar-refractivity contribution is 0.646. The van der Waals surface area contributed by atoms with E-state index in [1.807, 2.05) is 18.5 Å². The van der Waals surface area contributed by atoms with Gasteiger partial charge in [0.2, 0.25) is 0 Å². The molecule has 0 amide bonds. The van der Waals surface area contributed by atoms with Gasteiger partial charge in [0.15, 0.2) is 0 Å². The number of hydrogen-bond donors (Lipinski definition) is 1. The van der Waals surface area contributed by atoms with Crippen LogP contribution >= 0.6 is 0 Å². The number of fused-ring (bicyclic) bond motifs is 1. The summed E-state index contributed by atoms with van der Waals surface area (Å²) in [5.74, 6) is 0. The molecule has 3 nitrogen and oxygen atoms in total. The predicted molar refractivity (Wildman–Crippen MR) is 76.8 cm³/mol. The highest BCUT2D eigenvalue weighted by molar-refractivity contribution is 5.98. The summed E-state index contributed by atoms with van der Waals surface area (Å²) < 4.78 is 0. The van der Waals surface area contributed by atoms with Crippen LogP contribution in [0, 0.1) is 0 Å². The molecule has 0 bridgehead atoms. The molecule has 3 rings (SSSR count). The van der Waals surface area contributed by atoms with Crippen molar-refractivity contribution >= 4 is 22.1 Å². The monoisotopic (exact) mass is 241 g/mol. The second kappa shape index (κ2) is 4.48. The predicted octanol–water partition coefficient (Wildman–Crippen LogP) is 3.20. The summed E-state index contributed by atoms with van der Waals surface area (Å²) in [4.78, 5) is 6.61. The Kier molecular flexibility index (Phi) is 2.82. The van der Waals surface area contributed by atoms with Crippen molar-refractivity contribution in [2.24, 2.45) is 0 Å². The van der Waals surface area contributed by atoms with Gasteiger partial charge in [-0.3, -0.25) is 4.98 Å². The molecule has 1 aromatic heterocycles. The number of nitrogens with zero attached hydrogens (tertiary/aromatic N) is 2. The number of hydrogen-bond acceptors (Lipinski definition) is 3. The van der Waals surface area contributed by atoms with Crippen molar-refractivity contribution in [3.63, 3.8) is 0 Å². The Morgan fingerprint density at radius 2 is 2.28 bits per heavy atom. The highest BCUT2D eigenvalue weighted by atomic mass is 15.2. The molecule has 1 saturated heterocycles. The smallest absolute Gasteiger partial charge is 0.0632 e. The topological polar surface area (TPSA) is 42.2 Å². The molecule has 0 spiro atoms. The average Bonchev–Trinajstić information content (AvgIpc) is 2.88. The van der Waals surface area contributed by atoms with Crippen LogP contribution in [-0.2, 0) is 0 Å². The van der Waals surface area contributed by atoms with Crippen molar-refractivity contribution in [3.8, 4) is 0 Å². The van der Waals surface area contributed by atoms with Crippen molar-refractivity contribution in [1.82, 2.24) is 4.98 Å². The molecule has 1 aliphatic rings. The number of benzene rings is 1. The van der Waals surface area contributed by atoms with Gasteiger partial charge in [0.1, 0.15) is 0 Å². The maximum absolute atomic E-state index is 6.35. The largest absolute Gasteiger partial charge is 0.397 e. The van der Waals surface area contributed by atoms with Crippen LogP contribution in [0.15, 0.2) is 30.6 Å². The number of rotatable bonds is 2. The first-order chi connectivity index (χ1) is 8.81. The molecule has 1 aromatic carbocycles. The molecule has 1 atom stereocenters. The number of pyridine rings is 1. The summed E-state index contributed by atoms with van der Waals surface area (Å²) in [6.45, 7) is 3.38. The zero-order valence-corrected chi connectivity index (χ0v) is 10.8. The molecule has 94 valence electrons. The minimum atomic E-state index is 0.645. The van der Waals surface area contributed by atoms with E-state index in [0.717, 1.165) is 23.0 Å². The first kappa shape index (κ1) is 11.3. The van der Waals surface area contributed by atoms with Crippen LogP contribution in [-0.4, -0.2) is 17.6 Å². The van der Waals surface area contributed by atoms with Gasteiger partial charge in [0, 0.05) is 35.8 Å². The first-order valence-electron chi connectivity index (χ1n) is 6.70. The molecule has 1 unspecified atom stereocenters. The molecule has 2 heterocycles. The Morgan fingerprint density at radius 3 is 3.11 bits per heavy atom. The van der Waals surface area contributed by atoms with Crippen molar-refractivity contribution in [3.05, 3.63) is 30.6 Å². The third kappa shape index (κ3) is 1.70. The lowest BCUT2D eigenvalue weighted by Crippen LogP contribution is -2.29. The minimum absolute atomic E-state index is 0.645. The van der Waals surface area contributed by atoms with E-state index in [9.17, 15) is 0 Å². The van der Waals surface area contributed by atoms with Gasteiger partial charge in [-0.2, -0.15) is 0 Å². The molecule has 1 aliphatic heterocycles. The SMILES string of the molecule is CCC1CCCN1c1ccc2cnccc2c1N. The van der Waals surface area contributed by atoms with Crippen LogP contribution in [0.25, 0.3) is 10.8 Å². The summed E-state index contributed by atoms with van der Waals surface area (Å²) in [5.41, 5.74) is 8.44. The summed E-state index contributed by atoms with van der Waals surface area (Å²) in [6.07, 6.45) is 7.42. The van der Waals surface area contributed by atoms with Gasteiger partial charge < -0.3 is 10.6 Å². The molecule has 0 saturated carbocycles. The maximum Gasteiger partial charge on any atom is 0.0632 e. The van der Waals surface area contributed by atoms with E-state index in [0.29, 0.717) is 6.04 Å². The fourth-order valence-electron chi connectivity index (χ4n) is 3.01. The van der Waals surface area contributed by atoms with Crippen LogP contribution in [0.3, 0.4) is 0 Å². The third-order valence-corrected chi connectivity index (χ3v) is 4.00. The standard InChI is InChI=1S/C15H19N3/c1-2-12-4-3-9-18(12)14-6-5-11-10-17-8-7-13(11)15(14)16/h5-8,10,12H,2-4,9,16H2,1H3. The first-order valence-corrected chi connectivity index (χ1v) is 6.70. The summed E-state index contributed by atoms with van der Waals surface area (Å²) in [5, 5.41) is 2.23.